The lowest BCUT2D eigenvalue weighted by Crippen LogP contribution is -2.15. The topological polar surface area (TPSA) is 26.3 Å². The largest absolute Gasteiger partial charge is 0.426 e. The number of hydrogen-bond donors (Lipinski definition) is 0. The summed E-state index contributed by atoms with van der Waals surface area (Å²) in [7, 11) is 0. The van der Waals surface area contributed by atoms with Gasteiger partial charge in [0.05, 0.1) is 0 Å². The van der Waals surface area contributed by atoms with Crippen molar-refractivity contribution in [2.75, 3.05) is 0 Å². The van der Waals surface area contributed by atoms with Crippen molar-refractivity contribution in [1.82, 2.24) is 0 Å². The fourth-order valence-corrected chi connectivity index (χ4v) is 4.11. The van der Waals surface area contributed by atoms with Crippen LogP contribution in [0.5, 0.6) is 5.75 Å². The van der Waals surface area contributed by atoms with E-state index >= 15 is 0 Å². The van der Waals surface area contributed by atoms with Gasteiger partial charge in [-0.2, -0.15) is 0 Å². The third kappa shape index (κ3) is 2.92. The number of esters is 1. The summed E-state index contributed by atoms with van der Waals surface area (Å²) in [6.45, 7) is 14.7. The van der Waals surface area contributed by atoms with Gasteiger partial charge in [0.2, 0.25) is 0 Å². The Labute approximate surface area is 166 Å². The second kappa shape index (κ2) is 5.94. The van der Waals surface area contributed by atoms with E-state index < -0.39 is 0 Å². The molecule has 0 aliphatic carbocycles. The summed E-state index contributed by atoms with van der Waals surface area (Å²) < 4.78 is 5.77. The van der Waals surface area contributed by atoms with E-state index in [1.165, 1.54) is 39.4 Å². The second-order valence-electron chi connectivity index (χ2n) is 9.92. The molecule has 0 aromatic heterocycles. The van der Waals surface area contributed by atoms with Crippen LogP contribution in [0.3, 0.4) is 0 Å². The van der Waals surface area contributed by atoms with Crippen LogP contribution in [-0.2, 0) is 15.6 Å². The number of ether oxygens (including phenoxy) is 1. The van der Waals surface area contributed by atoms with Crippen LogP contribution in [-0.4, -0.2) is 5.97 Å². The minimum atomic E-state index is -0.282. The SMILES string of the molecule is CC(=O)Oc1c(C(C)(C)C)cc2ccc3cc(C(C)(C)C)cc4ccc1c2c34. The number of carbonyl (C=O) groups is 1. The fraction of sp³-hybridized carbons (Fsp3) is 0.346. The molecule has 0 N–H and O–H groups in total. The minimum Gasteiger partial charge on any atom is -0.426 e. The van der Waals surface area contributed by atoms with Crippen molar-refractivity contribution in [2.45, 2.75) is 59.3 Å². The van der Waals surface area contributed by atoms with E-state index in [0.29, 0.717) is 5.75 Å². The molecule has 4 aromatic rings. The van der Waals surface area contributed by atoms with Crippen LogP contribution in [0.15, 0.2) is 42.5 Å². The lowest BCUT2D eigenvalue weighted by atomic mass is 9.80. The summed E-state index contributed by atoms with van der Waals surface area (Å²) in [5.41, 5.74) is 2.35. The number of rotatable bonds is 1. The molecule has 28 heavy (non-hydrogen) atoms. The average Bonchev–Trinajstić information content (AvgIpc) is 2.58. The number of hydrogen-bond acceptors (Lipinski definition) is 2. The van der Waals surface area contributed by atoms with Crippen LogP contribution in [0.25, 0.3) is 32.3 Å². The van der Waals surface area contributed by atoms with E-state index in [1.807, 2.05) is 0 Å². The van der Waals surface area contributed by atoms with Crippen LogP contribution < -0.4 is 4.74 Å². The van der Waals surface area contributed by atoms with E-state index in [-0.39, 0.29) is 16.8 Å². The highest BCUT2D eigenvalue weighted by molar-refractivity contribution is 6.24. The van der Waals surface area contributed by atoms with Crippen LogP contribution in [0.2, 0.25) is 0 Å². The van der Waals surface area contributed by atoms with Crippen LogP contribution in [0, 0.1) is 0 Å². The van der Waals surface area contributed by atoms with E-state index in [9.17, 15) is 4.79 Å². The molecule has 0 spiro atoms. The first-order valence-corrected chi connectivity index (χ1v) is 9.92. The zero-order valence-corrected chi connectivity index (χ0v) is 17.9. The predicted molar refractivity (Wildman–Crippen MR) is 119 cm³/mol. The third-order valence-electron chi connectivity index (χ3n) is 5.59. The van der Waals surface area contributed by atoms with Gasteiger partial charge in [-0.1, -0.05) is 71.9 Å². The first-order valence-electron chi connectivity index (χ1n) is 9.92. The molecule has 0 aliphatic heterocycles. The van der Waals surface area contributed by atoms with Gasteiger partial charge in [-0.15, -0.1) is 0 Å². The molecular weight excluding hydrogens is 344 g/mol. The average molecular weight is 373 g/mol. The van der Waals surface area contributed by atoms with Crippen LogP contribution >= 0.6 is 0 Å². The molecule has 0 amide bonds. The Morgan fingerprint density at radius 1 is 0.750 bits per heavy atom. The van der Waals surface area contributed by atoms with Crippen molar-refractivity contribution in [3.05, 3.63) is 53.6 Å². The Bertz CT molecular complexity index is 1200. The van der Waals surface area contributed by atoms with E-state index in [0.717, 1.165) is 10.9 Å². The molecule has 0 heterocycles. The molecule has 144 valence electrons. The summed E-state index contributed by atoms with van der Waals surface area (Å²) in [6, 6.07) is 15.5. The number of benzene rings is 4. The van der Waals surface area contributed by atoms with Crippen molar-refractivity contribution in [3.8, 4) is 5.75 Å². The Morgan fingerprint density at radius 2 is 1.29 bits per heavy atom. The molecule has 2 nitrogen and oxygen atoms in total. The fourth-order valence-electron chi connectivity index (χ4n) is 4.11. The first kappa shape index (κ1) is 18.7. The maximum atomic E-state index is 11.9. The van der Waals surface area contributed by atoms with Crippen LogP contribution in [0.4, 0.5) is 0 Å². The molecule has 0 saturated heterocycles. The summed E-state index contributed by atoms with van der Waals surface area (Å²) in [5, 5.41) is 7.10. The van der Waals surface area contributed by atoms with Gasteiger partial charge in [0.1, 0.15) is 5.75 Å². The zero-order chi connectivity index (χ0) is 20.4. The second-order valence-corrected chi connectivity index (χ2v) is 9.92. The van der Waals surface area contributed by atoms with Crippen molar-refractivity contribution < 1.29 is 9.53 Å². The number of carbonyl (C=O) groups excluding carboxylic acids is 1. The molecule has 4 rings (SSSR count). The van der Waals surface area contributed by atoms with Gasteiger partial charge in [0, 0.05) is 23.3 Å². The van der Waals surface area contributed by atoms with E-state index in [2.05, 4.69) is 84.0 Å². The summed E-state index contributed by atoms with van der Waals surface area (Å²) in [4.78, 5) is 11.9. The Hall–Kier alpha value is -2.61. The predicted octanol–water partition coefficient (Wildman–Crippen LogP) is 7.10. The highest BCUT2D eigenvalue weighted by Gasteiger charge is 2.25. The molecule has 0 atom stereocenters. The van der Waals surface area contributed by atoms with E-state index in [4.69, 9.17) is 4.74 Å². The van der Waals surface area contributed by atoms with Gasteiger partial charge in [0.15, 0.2) is 0 Å². The van der Waals surface area contributed by atoms with Gasteiger partial charge < -0.3 is 4.74 Å². The summed E-state index contributed by atoms with van der Waals surface area (Å²) in [6.07, 6.45) is 0. The molecule has 0 aliphatic rings. The van der Waals surface area contributed by atoms with Gasteiger partial charge >= 0.3 is 5.97 Å². The molecule has 0 radical (unpaired) electrons. The molecule has 2 heteroatoms. The van der Waals surface area contributed by atoms with Gasteiger partial charge in [0.25, 0.3) is 0 Å². The maximum Gasteiger partial charge on any atom is 0.308 e. The van der Waals surface area contributed by atoms with Gasteiger partial charge in [-0.05, 0) is 50.1 Å². The van der Waals surface area contributed by atoms with Gasteiger partial charge in [-0.3, -0.25) is 4.79 Å². The van der Waals surface area contributed by atoms with Gasteiger partial charge in [-0.25, -0.2) is 0 Å². The summed E-state index contributed by atoms with van der Waals surface area (Å²) in [5.74, 6) is 0.414. The molecule has 4 aromatic carbocycles. The first-order chi connectivity index (χ1) is 13.0. The standard InChI is InChI=1S/C26H28O2/c1-15(27)28-24-20-11-10-17-13-19(25(2,3)4)12-16-8-9-18(23(20)22(16)17)14-21(24)26(5,6)7/h8-14H,1-7H3. The third-order valence-corrected chi connectivity index (χ3v) is 5.59. The molecule has 0 saturated carbocycles. The summed E-state index contributed by atoms with van der Waals surface area (Å²) >= 11 is 0. The van der Waals surface area contributed by atoms with Crippen molar-refractivity contribution in [2.24, 2.45) is 0 Å². The highest BCUT2D eigenvalue weighted by atomic mass is 16.5. The monoisotopic (exact) mass is 372 g/mol. The molecule has 0 unspecified atom stereocenters. The lowest BCUT2D eigenvalue weighted by molar-refractivity contribution is -0.131. The quantitative estimate of drug-likeness (QED) is 0.202. The molecular formula is C26H28O2. The minimum absolute atomic E-state index is 0.0900. The Balaban J connectivity index is 2.17. The lowest BCUT2D eigenvalue weighted by Gasteiger charge is -2.26. The van der Waals surface area contributed by atoms with Crippen molar-refractivity contribution in [1.29, 1.82) is 0 Å². The van der Waals surface area contributed by atoms with Crippen molar-refractivity contribution >= 4 is 38.3 Å². The Morgan fingerprint density at radius 3 is 1.79 bits per heavy atom. The molecule has 0 bridgehead atoms. The molecule has 0 fully saturated rings. The highest BCUT2D eigenvalue weighted by Crippen LogP contribution is 2.45. The van der Waals surface area contributed by atoms with Crippen molar-refractivity contribution in [3.63, 3.8) is 0 Å². The smallest absolute Gasteiger partial charge is 0.308 e. The normalized spacial score (nSPS) is 13.0. The van der Waals surface area contributed by atoms with E-state index in [1.54, 1.807) is 0 Å². The Kier molecular flexibility index (Phi) is 3.98. The van der Waals surface area contributed by atoms with Crippen LogP contribution in [0.1, 0.15) is 59.6 Å². The zero-order valence-electron chi connectivity index (χ0n) is 17.9. The maximum absolute atomic E-state index is 11.9.